The van der Waals surface area contributed by atoms with E-state index in [0.29, 0.717) is 35.2 Å². The topological polar surface area (TPSA) is 92.6 Å². The first-order valence-corrected chi connectivity index (χ1v) is 6.20. The van der Waals surface area contributed by atoms with E-state index in [1.54, 1.807) is 0 Å². The SMILES string of the molecule is O=CC1NN(c2ccc(C(F)(F)F)cc2[N+](=O)[O-])C(=O)S1. The zero-order valence-electron chi connectivity index (χ0n) is 9.96. The molecule has 1 aromatic carbocycles. The number of nitro benzene ring substituents is 1. The molecule has 112 valence electrons. The maximum atomic E-state index is 12.6. The van der Waals surface area contributed by atoms with Crippen LogP contribution >= 0.6 is 11.8 Å². The van der Waals surface area contributed by atoms with E-state index in [9.17, 15) is 32.9 Å². The summed E-state index contributed by atoms with van der Waals surface area (Å²) in [6, 6.07) is 1.76. The van der Waals surface area contributed by atoms with Crippen LogP contribution in [-0.4, -0.2) is 21.8 Å². The van der Waals surface area contributed by atoms with Crippen LogP contribution in [0.5, 0.6) is 0 Å². The number of nitro groups is 1. The zero-order valence-corrected chi connectivity index (χ0v) is 10.8. The number of nitrogens with zero attached hydrogens (tertiary/aromatic N) is 2. The molecule has 1 fully saturated rings. The first kappa shape index (κ1) is 15.3. The number of hydrogen-bond acceptors (Lipinski definition) is 6. The van der Waals surface area contributed by atoms with Gasteiger partial charge in [-0.2, -0.15) is 13.2 Å². The predicted molar refractivity (Wildman–Crippen MR) is 66.6 cm³/mol. The number of aldehydes is 1. The fourth-order valence-corrected chi connectivity index (χ4v) is 2.32. The molecule has 1 aliphatic rings. The molecule has 0 radical (unpaired) electrons. The van der Waals surface area contributed by atoms with E-state index >= 15 is 0 Å². The Labute approximate surface area is 119 Å². The number of hydrogen-bond donors (Lipinski definition) is 1. The second-order valence-corrected chi connectivity index (χ2v) is 4.96. The minimum Gasteiger partial charge on any atom is -0.301 e. The van der Waals surface area contributed by atoms with Crippen LogP contribution in [0.2, 0.25) is 0 Å². The number of carbonyl (C=O) groups is 2. The maximum Gasteiger partial charge on any atom is 0.416 e. The molecule has 0 saturated carbocycles. The summed E-state index contributed by atoms with van der Waals surface area (Å²) >= 11 is 0.562. The van der Waals surface area contributed by atoms with Gasteiger partial charge < -0.3 is 4.79 Å². The number of rotatable bonds is 3. The number of thioether (sulfide) groups is 1. The normalized spacial score (nSPS) is 18.9. The highest BCUT2D eigenvalue weighted by Gasteiger charge is 2.38. The Bertz CT molecular complexity index is 622. The molecule has 2 rings (SSSR count). The number of benzene rings is 1. The summed E-state index contributed by atoms with van der Waals surface area (Å²) in [7, 11) is 0. The lowest BCUT2D eigenvalue weighted by Crippen LogP contribution is -2.38. The Hall–Kier alpha value is -2.14. The maximum absolute atomic E-state index is 12.6. The molecule has 0 spiro atoms. The lowest BCUT2D eigenvalue weighted by atomic mass is 10.1. The number of carbonyl (C=O) groups excluding carboxylic acids is 2. The molecule has 7 nitrogen and oxygen atoms in total. The molecule has 0 aliphatic carbocycles. The molecular formula is C10H6F3N3O4S. The Balaban J connectivity index is 2.47. The van der Waals surface area contributed by atoms with Crippen molar-refractivity contribution in [3.8, 4) is 0 Å². The predicted octanol–water partition coefficient (Wildman–Crippen LogP) is 2.32. The first-order chi connectivity index (χ1) is 9.74. The first-order valence-electron chi connectivity index (χ1n) is 5.32. The van der Waals surface area contributed by atoms with Gasteiger partial charge in [0.05, 0.1) is 10.5 Å². The van der Waals surface area contributed by atoms with Gasteiger partial charge in [0.2, 0.25) is 0 Å². The molecule has 1 saturated heterocycles. The van der Waals surface area contributed by atoms with Crippen LogP contribution in [-0.2, 0) is 11.0 Å². The molecule has 1 aliphatic heterocycles. The van der Waals surface area contributed by atoms with E-state index in [4.69, 9.17) is 0 Å². The van der Waals surface area contributed by atoms with E-state index in [0.717, 1.165) is 6.07 Å². The van der Waals surface area contributed by atoms with Gasteiger partial charge in [-0.15, -0.1) is 0 Å². The van der Waals surface area contributed by atoms with Gasteiger partial charge >= 0.3 is 11.4 Å². The fourth-order valence-electron chi connectivity index (χ4n) is 1.63. The Morgan fingerprint density at radius 1 is 1.43 bits per heavy atom. The van der Waals surface area contributed by atoms with Crippen LogP contribution in [0.15, 0.2) is 18.2 Å². The van der Waals surface area contributed by atoms with Crippen LogP contribution in [0.3, 0.4) is 0 Å². The zero-order chi connectivity index (χ0) is 15.8. The highest BCUT2D eigenvalue weighted by atomic mass is 32.2. The molecule has 0 aromatic heterocycles. The third-order valence-corrected chi connectivity index (χ3v) is 3.39. The van der Waals surface area contributed by atoms with Crippen LogP contribution < -0.4 is 10.4 Å². The second kappa shape index (κ2) is 5.33. The van der Waals surface area contributed by atoms with Gasteiger partial charge in [0.1, 0.15) is 17.3 Å². The van der Waals surface area contributed by atoms with Crippen molar-refractivity contribution in [2.75, 3.05) is 5.01 Å². The molecule has 21 heavy (non-hydrogen) atoms. The fraction of sp³-hybridized carbons (Fsp3) is 0.200. The number of alkyl halides is 3. The standard InChI is InChI=1S/C10H6F3N3O4S/c11-10(12,13)5-1-2-6(7(3-5)16(19)20)15-9(18)21-8(4-17)14-15/h1-4,8,14H. The quantitative estimate of drug-likeness (QED) is 0.522. The summed E-state index contributed by atoms with van der Waals surface area (Å²) in [6.45, 7) is 0. The number of amides is 1. The van der Waals surface area contributed by atoms with Crippen molar-refractivity contribution in [3.05, 3.63) is 33.9 Å². The second-order valence-electron chi connectivity index (χ2n) is 3.86. The van der Waals surface area contributed by atoms with E-state index in [2.05, 4.69) is 5.43 Å². The van der Waals surface area contributed by atoms with Crippen LogP contribution in [0.25, 0.3) is 0 Å². The molecule has 0 bridgehead atoms. The molecule has 1 heterocycles. The highest BCUT2D eigenvalue weighted by Crippen LogP contribution is 2.38. The van der Waals surface area contributed by atoms with Gasteiger partial charge in [-0.1, -0.05) is 0 Å². The lowest BCUT2D eigenvalue weighted by Gasteiger charge is -2.16. The van der Waals surface area contributed by atoms with E-state index < -0.39 is 33.0 Å². The number of nitrogens with one attached hydrogen (secondary N) is 1. The van der Waals surface area contributed by atoms with Crippen LogP contribution in [0.1, 0.15) is 5.56 Å². The Morgan fingerprint density at radius 3 is 2.57 bits per heavy atom. The third kappa shape index (κ3) is 2.97. The smallest absolute Gasteiger partial charge is 0.301 e. The van der Waals surface area contributed by atoms with Gasteiger partial charge in [-0.3, -0.25) is 14.9 Å². The molecular weight excluding hydrogens is 315 g/mol. The minimum absolute atomic E-state index is 0.337. The van der Waals surface area contributed by atoms with Crippen molar-refractivity contribution in [2.24, 2.45) is 0 Å². The monoisotopic (exact) mass is 321 g/mol. The summed E-state index contributed by atoms with van der Waals surface area (Å²) in [6.07, 6.45) is -4.34. The van der Waals surface area contributed by atoms with E-state index in [1.807, 2.05) is 0 Å². The van der Waals surface area contributed by atoms with Gasteiger partial charge in [0.15, 0.2) is 0 Å². The molecule has 1 unspecified atom stereocenters. The van der Waals surface area contributed by atoms with Gasteiger partial charge in [-0.05, 0) is 23.9 Å². The number of anilines is 1. The third-order valence-electron chi connectivity index (χ3n) is 2.53. The highest BCUT2D eigenvalue weighted by molar-refractivity contribution is 8.15. The number of hydrazine groups is 1. The summed E-state index contributed by atoms with van der Waals surface area (Å²) < 4.78 is 37.7. The van der Waals surface area contributed by atoms with Crippen molar-refractivity contribution in [2.45, 2.75) is 11.6 Å². The van der Waals surface area contributed by atoms with E-state index in [1.165, 1.54) is 0 Å². The van der Waals surface area contributed by atoms with Crippen LogP contribution in [0.4, 0.5) is 29.3 Å². The summed E-state index contributed by atoms with van der Waals surface area (Å²) in [4.78, 5) is 32.1. The largest absolute Gasteiger partial charge is 0.416 e. The van der Waals surface area contributed by atoms with E-state index in [-0.39, 0.29) is 5.69 Å². The Kier molecular flexibility index (Phi) is 3.87. The molecule has 1 N–H and O–H groups in total. The van der Waals surface area contributed by atoms with Crippen molar-refractivity contribution in [3.63, 3.8) is 0 Å². The average Bonchev–Trinajstić information content (AvgIpc) is 2.78. The summed E-state index contributed by atoms with van der Waals surface area (Å²) in [5.41, 5.74) is -0.108. The average molecular weight is 321 g/mol. The van der Waals surface area contributed by atoms with Gasteiger partial charge in [0, 0.05) is 6.07 Å². The summed E-state index contributed by atoms with van der Waals surface area (Å²) in [5, 5.41) is 9.92. The molecule has 1 atom stereocenters. The van der Waals surface area contributed by atoms with Crippen molar-refractivity contribution in [1.82, 2.24) is 5.43 Å². The molecule has 1 aromatic rings. The molecule has 11 heteroatoms. The van der Waals surface area contributed by atoms with Crippen molar-refractivity contribution < 1.29 is 27.7 Å². The molecule has 1 amide bonds. The Morgan fingerprint density at radius 2 is 2.10 bits per heavy atom. The van der Waals surface area contributed by atoms with Crippen molar-refractivity contribution >= 4 is 34.7 Å². The van der Waals surface area contributed by atoms with Gasteiger partial charge in [-0.25, -0.2) is 10.4 Å². The van der Waals surface area contributed by atoms with Crippen LogP contribution in [0, 0.1) is 10.1 Å². The summed E-state index contributed by atoms with van der Waals surface area (Å²) in [5.74, 6) is 0. The number of halogens is 3. The van der Waals surface area contributed by atoms with Crippen molar-refractivity contribution in [1.29, 1.82) is 0 Å². The van der Waals surface area contributed by atoms with Gasteiger partial charge in [0.25, 0.3) is 5.69 Å². The lowest BCUT2D eigenvalue weighted by molar-refractivity contribution is -0.384. The minimum atomic E-state index is -4.74.